The van der Waals surface area contributed by atoms with Crippen LogP contribution in [0.4, 0.5) is 4.39 Å². The molecule has 0 heterocycles. The maximum Gasteiger partial charge on any atom is 0.123 e. The van der Waals surface area contributed by atoms with E-state index in [4.69, 9.17) is 11.6 Å². The fraction of sp³-hybridized carbons (Fsp3) is 0.200. The van der Waals surface area contributed by atoms with Gasteiger partial charge in [0, 0.05) is 3.57 Å². The first kappa shape index (κ1) is 13.8. The molecule has 1 atom stereocenters. The van der Waals surface area contributed by atoms with Crippen LogP contribution in [0.15, 0.2) is 36.4 Å². The van der Waals surface area contributed by atoms with E-state index in [0.717, 1.165) is 25.8 Å². The zero-order valence-electron chi connectivity index (χ0n) is 10.2. The van der Waals surface area contributed by atoms with E-state index in [1.807, 2.05) is 32.0 Å². The van der Waals surface area contributed by atoms with Crippen LogP contribution in [0.3, 0.4) is 0 Å². The minimum Gasteiger partial charge on any atom is -0.207 e. The molecule has 0 saturated heterocycles. The molecule has 0 aliphatic heterocycles. The minimum absolute atomic E-state index is 0.208. The van der Waals surface area contributed by atoms with Gasteiger partial charge in [-0.05, 0) is 83.0 Å². The molecule has 2 rings (SSSR count). The van der Waals surface area contributed by atoms with E-state index < -0.39 is 0 Å². The lowest BCUT2D eigenvalue weighted by Gasteiger charge is -2.16. The second-order valence-corrected chi connectivity index (χ2v) is 6.05. The summed E-state index contributed by atoms with van der Waals surface area (Å²) in [6.07, 6.45) is 0. The van der Waals surface area contributed by atoms with Crippen molar-refractivity contribution in [2.24, 2.45) is 0 Å². The topological polar surface area (TPSA) is 0 Å². The summed E-state index contributed by atoms with van der Waals surface area (Å²) in [5.74, 6) is -0.208. The molecule has 0 nitrogen and oxygen atoms in total. The van der Waals surface area contributed by atoms with Crippen LogP contribution in [0.25, 0.3) is 0 Å². The van der Waals surface area contributed by atoms with Crippen LogP contribution in [0.2, 0.25) is 0 Å². The molecule has 2 aromatic rings. The summed E-state index contributed by atoms with van der Waals surface area (Å²) in [4.78, 5) is 0. The van der Waals surface area contributed by atoms with Gasteiger partial charge in [-0.1, -0.05) is 12.1 Å². The molecule has 0 amide bonds. The second kappa shape index (κ2) is 5.57. The molecule has 0 spiro atoms. The predicted molar refractivity (Wildman–Crippen MR) is 82.7 cm³/mol. The Labute approximate surface area is 125 Å². The van der Waals surface area contributed by atoms with Crippen molar-refractivity contribution in [2.75, 3.05) is 0 Å². The Morgan fingerprint density at radius 2 is 1.72 bits per heavy atom. The quantitative estimate of drug-likeness (QED) is 0.489. The Morgan fingerprint density at radius 3 is 2.28 bits per heavy atom. The lowest BCUT2D eigenvalue weighted by molar-refractivity contribution is 0.624. The monoisotopic (exact) mass is 374 g/mol. The summed E-state index contributed by atoms with van der Waals surface area (Å²) in [5.41, 5.74) is 3.83. The first-order chi connectivity index (χ1) is 8.49. The van der Waals surface area contributed by atoms with Gasteiger partial charge in [0.25, 0.3) is 0 Å². The Morgan fingerprint density at radius 1 is 1.11 bits per heavy atom. The van der Waals surface area contributed by atoms with Gasteiger partial charge in [0.2, 0.25) is 0 Å². The van der Waals surface area contributed by atoms with Crippen LogP contribution in [0, 0.1) is 23.2 Å². The molecule has 0 aromatic heterocycles. The van der Waals surface area contributed by atoms with Crippen molar-refractivity contribution < 1.29 is 4.39 Å². The number of hydrogen-bond acceptors (Lipinski definition) is 0. The SMILES string of the molecule is Cc1cc(F)cc(C)c1C(Cl)c1cccc(I)c1. The minimum atomic E-state index is -0.236. The van der Waals surface area contributed by atoms with Crippen LogP contribution < -0.4 is 0 Å². The molecule has 0 fully saturated rings. The van der Waals surface area contributed by atoms with Crippen molar-refractivity contribution in [3.8, 4) is 0 Å². The summed E-state index contributed by atoms with van der Waals surface area (Å²) < 4.78 is 14.4. The number of hydrogen-bond donors (Lipinski definition) is 0. The van der Waals surface area contributed by atoms with E-state index in [-0.39, 0.29) is 11.2 Å². The molecule has 0 saturated carbocycles. The average Bonchev–Trinajstić information content (AvgIpc) is 2.27. The highest BCUT2D eigenvalue weighted by molar-refractivity contribution is 14.1. The number of rotatable bonds is 2. The van der Waals surface area contributed by atoms with Crippen molar-refractivity contribution in [1.29, 1.82) is 0 Å². The third kappa shape index (κ3) is 2.86. The van der Waals surface area contributed by atoms with E-state index in [0.29, 0.717) is 0 Å². The zero-order chi connectivity index (χ0) is 13.3. The smallest absolute Gasteiger partial charge is 0.123 e. The van der Waals surface area contributed by atoms with Crippen LogP contribution >= 0.6 is 34.2 Å². The third-order valence-electron chi connectivity index (χ3n) is 2.95. The fourth-order valence-corrected chi connectivity index (χ4v) is 3.20. The standard InChI is InChI=1S/C15H13ClFI/c1-9-6-12(17)7-10(2)14(9)15(16)11-4-3-5-13(18)8-11/h3-8,15H,1-2H3. The average molecular weight is 375 g/mol. The molecular formula is C15H13ClFI. The Balaban J connectivity index is 2.49. The van der Waals surface area contributed by atoms with E-state index in [9.17, 15) is 4.39 Å². The Bertz CT molecular complexity index is 557. The molecule has 94 valence electrons. The molecule has 0 N–H and O–H groups in total. The molecular weight excluding hydrogens is 362 g/mol. The first-order valence-electron chi connectivity index (χ1n) is 5.65. The van der Waals surface area contributed by atoms with Gasteiger partial charge in [0.05, 0.1) is 5.38 Å². The number of alkyl halides is 1. The molecule has 0 aliphatic rings. The van der Waals surface area contributed by atoms with Crippen LogP contribution in [0.1, 0.15) is 27.6 Å². The lowest BCUT2D eigenvalue weighted by atomic mass is 9.95. The van der Waals surface area contributed by atoms with Crippen molar-refractivity contribution in [3.63, 3.8) is 0 Å². The highest BCUT2D eigenvalue weighted by Gasteiger charge is 2.16. The number of aryl methyl sites for hydroxylation is 2. The second-order valence-electron chi connectivity index (χ2n) is 4.37. The van der Waals surface area contributed by atoms with Crippen LogP contribution in [-0.2, 0) is 0 Å². The fourth-order valence-electron chi connectivity index (χ4n) is 2.15. The van der Waals surface area contributed by atoms with Gasteiger partial charge < -0.3 is 0 Å². The summed E-state index contributed by atoms with van der Waals surface area (Å²) in [6, 6.07) is 11.1. The van der Waals surface area contributed by atoms with Gasteiger partial charge in [0.1, 0.15) is 5.82 Å². The molecule has 3 heteroatoms. The molecule has 0 bridgehead atoms. The summed E-state index contributed by atoms with van der Waals surface area (Å²) in [6.45, 7) is 3.80. The maximum absolute atomic E-state index is 13.3. The molecule has 2 aromatic carbocycles. The Kier molecular flexibility index (Phi) is 4.28. The van der Waals surface area contributed by atoms with Crippen LogP contribution in [-0.4, -0.2) is 0 Å². The number of halogens is 3. The third-order valence-corrected chi connectivity index (χ3v) is 4.09. The Hall–Kier alpha value is -0.610. The van der Waals surface area contributed by atoms with Gasteiger partial charge >= 0.3 is 0 Å². The van der Waals surface area contributed by atoms with E-state index in [1.54, 1.807) is 0 Å². The summed E-state index contributed by atoms with van der Waals surface area (Å²) in [7, 11) is 0. The molecule has 1 unspecified atom stereocenters. The van der Waals surface area contributed by atoms with Crippen molar-refractivity contribution >= 4 is 34.2 Å². The van der Waals surface area contributed by atoms with E-state index in [2.05, 4.69) is 28.7 Å². The lowest BCUT2D eigenvalue weighted by Crippen LogP contribution is -2.01. The molecule has 0 aliphatic carbocycles. The maximum atomic E-state index is 13.3. The summed E-state index contributed by atoms with van der Waals surface area (Å²) in [5, 5.41) is -0.236. The van der Waals surface area contributed by atoms with Crippen molar-refractivity contribution in [2.45, 2.75) is 19.2 Å². The highest BCUT2D eigenvalue weighted by Crippen LogP contribution is 2.34. The predicted octanol–water partition coefficient (Wildman–Crippen LogP) is 5.38. The highest BCUT2D eigenvalue weighted by atomic mass is 127. The van der Waals surface area contributed by atoms with Gasteiger partial charge in [-0.2, -0.15) is 0 Å². The van der Waals surface area contributed by atoms with Gasteiger partial charge in [-0.25, -0.2) is 4.39 Å². The van der Waals surface area contributed by atoms with E-state index in [1.165, 1.54) is 12.1 Å². The summed E-state index contributed by atoms with van der Waals surface area (Å²) >= 11 is 8.80. The first-order valence-corrected chi connectivity index (χ1v) is 7.16. The molecule has 0 radical (unpaired) electrons. The molecule has 18 heavy (non-hydrogen) atoms. The van der Waals surface area contributed by atoms with Gasteiger partial charge in [-0.15, -0.1) is 11.6 Å². The zero-order valence-corrected chi connectivity index (χ0v) is 13.1. The normalized spacial score (nSPS) is 12.5. The largest absolute Gasteiger partial charge is 0.207 e. The number of benzene rings is 2. The van der Waals surface area contributed by atoms with Crippen molar-refractivity contribution in [3.05, 3.63) is 68.0 Å². The van der Waals surface area contributed by atoms with Gasteiger partial charge in [-0.3, -0.25) is 0 Å². The van der Waals surface area contributed by atoms with Crippen LogP contribution in [0.5, 0.6) is 0 Å². The van der Waals surface area contributed by atoms with Gasteiger partial charge in [0.15, 0.2) is 0 Å². The van der Waals surface area contributed by atoms with Crippen molar-refractivity contribution in [1.82, 2.24) is 0 Å². The van der Waals surface area contributed by atoms with E-state index >= 15 is 0 Å².